The van der Waals surface area contributed by atoms with Crippen LogP contribution in [-0.2, 0) is 17.6 Å². The van der Waals surface area contributed by atoms with E-state index in [1.807, 2.05) is 6.92 Å². The van der Waals surface area contributed by atoms with E-state index in [9.17, 15) is 5.26 Å². The third-order valence-corrected chi connectivity index (χ3v) is 3.77. The van der Waals surface area contributed by atoms with Gasteiger partial charge >= 0.3 is 0 Å². The smallest absolute Gasteiger partial charge is 0.166 e. The summed E-state index contributed by atoms with van der Waals surface area (Å²) in [5, 5.41) is 21.1. The highest BCUT2D eigenvalue weighted by molar-refractivity contribution is 5.56. The molecule has 0 aliphatic carbocycles. The Kier molecular flexibility index (Phi) is 5.31. The normalized spacial score (nSPS) is 18.6. The number of ether oxygens (including phenoxy) is 1. The van der Waals surface area contributed by atoms with Crippen LogP contribution in [0.25, 0.3) is 0 Å². The molecule has 1 unspecified atom stereocenters. The van der Waals surface area contributed by atoms with Crippen LogP contribution in [0.2, 0.25) is 0 Å². The van der Waals surface area contributed by atoms with E-state index in [1.54, 1.807) is 0 Å². The molecular formula is C15H22N4O. The van der Waals surface area contributed by atoms with Gasteiger partial charge in [0.1, 0.15) is 11.6 Å². The molecule has 0 amide bonds. The Labute approximate surface area is 120 Å². The third-order valence-electron chi connectivity index (χ3n) is 3.77. The fourth-order valence-electron chi connectivity index (χ4n) is 2.63. The summed E-state index contributed by atoms with van der Waals surface area (Å²) in [7, 11) is 0. The van der Waals surface area contributed by atoms with Crippen LogP contribution in [0.4, 0.5) is 5.82 Å². The van der Waals surface area contributed by atoms with Crippen LogP contribution < -0.4 is 5.32 Å². The molecule has 1 N–H and O–H groups in total. The van der Waals surface area contributed by atoms with E-state index in [2.05, 4.69) is 28.5 Å². The first kappa shape index (κ1) is 14.7. The lowest BCUT2D eigenvalue weighted by atomic mass is 10.0. The molecule has 1 aromatic heterocycles. The van der Waals surface area contributed by atoms with Crippen molar-refractivity contribution in [3.8, 4) is 6.07 Å². The van der Waals surface area contributed by atoms with E-state index in [4.69, 9.17) is 4.74 Å². The van der Waals surface area contributed by atoms with E-state index in [-0.39, 0.29) is 0 Å². The molecule has 1 aromatic rings. The van der Waals surface area contributed by atoms with Crippen LogP contribution in [-0.4, -0.2) is 30.0 Å². The van der Waals surface area contributed by atoms with Gasteiger partial charge in [-0.05, 0) is 37.2 Å². The number of nitrogens with zero attached hydrogens (tertiary/aromatic N) is 3. The van der Waals surface area contributed by atoms with E-state index in [0.717, 1.165) is 56.7 Å². The van der Waals surface area contributed by atoms with Gasteiger partial charge in [-0.2, -0.15) is 10.4 Å². The Bertz CT molecular complexity index is 489. The second-order valence-corrected chi connectivity index (χ2v) is 5.13. The Morgan fingerprint density at radius 3 is 2.80 bits per heavy atom. The van der Waals surface area contributed by atoms with Gasteiger partial charge in [0.15, 0.2) is 5.82 Å². The van der Waals surface area contributed by atoms with Crippen molar-refractivity contribution in [2.75, 3.05) is 25.1 Å². The summed E-state index contributed by atoms with van der Waals surface area (Å²) in [6, 6.07) is 2.28. The van der Waals surface area contributed by atoms with Crippen molar-refractivity contribution >= 4 is 5.82 Å². The predicted molar refractivity (Wildman–Crippen MR) is 77.5 cm³/mol. The van der Waals surface area contributed by atoms with E-state index >= 15 is 0 Å². The van der Waals surface area contributed by atoms with Gasteiger partial charge in [0.2, 0.25) is 0 Å². The molecule has 1 aliphatic heterocycles. The third kappa shape index (κ3) is 3.26. The molecule has 2 rings (SSSR count). The van der Waals surface area contributed by atoms with Crippen molar-refractivity contribution in [1.29, 1.82) is 5.26 Å². The van der Waals surface area contributed by atoms with Gasteiger partial charge < -0.3 is 10.1 Å². The van der Waals surface area contributed by atoms with Crippen molar-refractivity contribution in [2.45, 2.75) is 39.5 Å². The number of anilines is 1. The molecule has 0 aromatic carbocycles. The minimum atomic E-state index is 0.494. The van der Waals surface area contributed by atoms with Crippen LogP contribution in [0, 0.1) is 17.2 Å². The molecule has 0 bridgehead atoms. The molecule has 5 heteroatoms. The standard InChI is InChI=1S/C15H22N4O/c1-3-12-13(8-16)15(19-18-14(12)4-2)17-9-11-6-5-7-20-10-11/h11H,3-7,9-10H2,1-2H3,(H,17,19). The zero-order chi connectivity index (χ0) is 14.4. The fraction of sp³-hybridized carbons (Fsp3) is 0.667. The fourth-order valence-corrected chi connectivity index (χ4v) is 2.63. The highest BCUT2D eigenvalue weighted by Crippen LogP contribution is 2.21. The molecule has 0 radical (unpaired) electrons. The summed E-state index contributed by atoms with van der Waals surface area (Å²) in [6.07, 6.45) is 3.89. The predicted octanol–water partition coefficient (Wildman–Crippen LogP) is 2.31. The Morgan fingerprint density at radius 2 is 2.20 bits per heavy atom. The molecular weight excluding hydrogens is 252 g/mol. The Hall–Kier alpha value is -1.67. The first-order valence-electron chi connectivity index (χ1n) is 7.40. The maximum Gasteiger partial charge on any atom is 0.166 e. The second kappa shape index (κ2) is 7.20. The number of hydrogen-bond acceptors (Lipinski definition) is 5. The quantitative estimate of drug-likeness (QED) is 0.892. The van der Waals surface area contributed by atoms with Crippen molar-refractivity contribution < 1.29 is 4.74 Å². The molecule has 5 nitrogen and oxygen atoms in total. The Balaban J connectivity index is 2.12. The summed E-state index contributed by atoms with van der Waals surface area (Å²) in [5.74, 6) is 1.11. The summed E-state index contributed by atoms with van der Waals surface area (Å²) >= 11 is 0. The first-order chi connectivity index (χ1) is 9.80. The zero-order valence-corrected chi connectivity index (χ0v) is 12.3. The minimum absolute atomic E-state index is 0.494. The molecule has 1 fully saturated rings. The number of aryl methyl sites for hydroxylation is 1. The molecule has 2 heterocycles. The lowest BCUT2D eigenvalue weighted by molar-refractivity contribution is 0.0594. The molecule has 1 atom stereocenters. The number of hydrogen-bond donors (Lipinski definition) is 1. The van der Waals surface area contributed by atoms with Gasteiger partial charge in [0.25, 0.3) is 0 Å². The number of nitrogens with one attached hydrogen (secondary N) is 1. The maximum absolute atomic E-state index is 9.40. The largest absolute Gasteiger partial charge is 0.381 e. The van der Waals surface area contributed by atoms with E-state index < -0.39 is 0 Å². The van der Waals surface area contributed by atoms with Gasteiger partial charge in [0.05, 0.1) is 12.3 Å². The highest BCUT2D eigenvalue weighted by Gasteiger charge is 2.17. The van der Waals surface area contributed by atoms with Crippen LogP contribution in [0.15, 0.2) is 0 Å². The van der Waals surface area contributed by atoms with Gasteiger partial charge in [-0.15, -0.1) is 5.10 Å². The molecule has 1 aliphatic rings. The van der Waals surface area contributed by atoms with Gasteiger partial charge in [-0.3, -0.25) is 0 Å². The second-order valence-electron chi connectivity index (χ2n) is 5.13. The molecule has 1 saturated heterocycles. The minimum Gasteiger partial charge on any atom is -0.381 e. The highest BCUT2D eigenvalue weighted by atomic mass is 16.5. The molecule has 0 spiro atoms. The molecule has 0 saturated carbocycles. The summed E-state index contributed by atoms with van der Waals surface area (Å²) < 4.78 is 5.47. The van der Waals surface area contributed by atoms with E-state index in [0.29, 0.717) is 17.3 Å². The topological polar surface area (TPSA) is 70.8 Å². The SMILES string of the molecule is CCc1nnc(NCC2CCCOC2)c(C#N)c1CC. The van der Waals surface area contributed by atoms with Gasteiger partial charge in [0, 0.05) is 13.2 Å². The lowest BCUT2D eigenvalue weighted by Gasteiger charge is -2.22. The average molecular weight is 274 g/mol. The van der Waals surface area contributed by atoms with Crippen LogP contribution in [0.3, 0.4) is 0 Å². The Morgan fingerprint density at radius 1 is 1.35 bits per heavy atom. The monoisotopic (exact) mass is 274 g/mol. The number of nitriles is 1. The summed E-state index contributed by atoms with van der Waals surface area (Å²) in [5.41, 5.74) is 2.60. The van der Waals surface area contributed by atoms with Crippen LogP contribution in [0.5, 0.6) is 0 Å². The van der Waals surface area contributed by atoms with Gasteiger partial charge in [-0.25, -0.2) is 0 Å². The summed E-state index contributed by atoms with van der Waals surface area (Å²) in [4.78, 5) is 0. The number of rotatable bonds is 5. The van der Waals surface area contributed by atoms with Crippen LogP contribution in [0.1, 0.15) is 43.5 Å². The van der Waals surface area contributed by atoms with E-state index in [1.165, 1.54) is 0 Å². The molecule has 20 heavy (non-hydrogen) atoms. The van der Waals surface area contributed by atoms with Crippen molar-refractivity contribution in [3.63, 3.8) is 0 Å². The molecule has 108 valence electrons. The van der Waals surface area contributed by atoms with Gasteiger partial charge in [-0.1, -0.05) is 13.8 Å². The first-order valence-corrected chi connectivity index (χ1v) is 7.40. The number of aromatic nitrogens is 2. The van der Waals surface area contributed by atoms with Crippen molar-refractivity contribution in [2.24, 2.45) is 5.92 Å². The van der Waals surface area contributed by atoms with Crippen molar-refractivity contribution in [1.82, 2.24) is 10.2 Å². The lowest BCUT2D eigenvalue weighted by Crippen LogP contribution is -2.25. The van der Waals surface area contributed by atoms with Crippen LogP contribution >= 0.6 is 0 Å². The van der Waals surface area contributed by atoms with Crippen molar-refractivity contribution in [3.05, 3.63) is 16.8 Å². The summed E-state index contributed by atoms with van der Waals surface area (Å²) in [6.45, 7) is 6.53. The zero-order valence-electron chi connectivity index (χ0n) is 12.3. The average Bonchev–Trinajstić information content (AvgIpc) is 2.52. The maximum atomic E-state index is 9.40.